The second-order valence-electron chi connectivity index (χ2n) is 4.92. The van der Waals surface area contributed by atoms with Crippen LogP contribution in [0.4, 0.5) is 10.2 Å². The topological polar surface area (TPSA) is 58.4 Å². The van der Waals surface area contributed by atoms with E-state index in [0.29, 0.717) is 22.0 Å². The van der Waals surface area contributed by atoms with Gasteiger partial charge in [0.15, 0.2) is 17.3 Å². The monoisotopic (exact) mass is 306 g/mol. The number of hydrogen-bond acceptors (Lipinski definition) is 5. The number of benzene rings is 1. The van der Waals surface area contributed by atoms with Crippen LogP contribution in [0.2, 0.25) is 5.02 Å². The molecule has 4 rings (SSSR count). The maximum absolute atomic E-state index is 14.2. The highest BCUT2D eigenvalue weighted by Crippen LogP contribution is 2.27. The Morgan fingerprint density at radius 2 is 2.05 bits per heavy atom. The summed E-state index contributed by atoms with van der Waals surface area (Å²) in [7, 11) is 0. The molecule has 0 aliphatic carbocycles. The zero-order chi connectivity index (χ0) is 14.4. The highest BCUT2D eigenvalue weighted by Gasteiger charge is 2.20. The van der Waals surface area contributed by atoms with Crippen molar-refractivity contribution in [3.05, 3.63) is 29.3 Å². The van der Waals surface area contributed by atoms with Gasteiger partial charge in [-0.25, -0.2) is 18.9 Å². The molecule has 6 nitrogen and oxygen atoms in total. The van der Waals surface area contributed by atoms with Crippen LogP contribution in [0.1, 0.15) is 0 Å². The van der Waals surface area contributed by atoms with Crippen LogP contribution in [0.5, 0.6) is 0 Å². The number of hydrogen-bond donors (Lipinski definition) is 1. The maximum Gasteiger partial charge on any atom is 0.199 e. The molecule has 3 heterocycles. The number of nitrogens with zero attached hydrogens (tertiary/aromatic N) is 5. The first kappa shape index (κ1) is 12.7. The van der Waals surface area contributed by atoms with Crippen LogP contribution in [0.15, 0.2) is 18.5 Å². The van der Waals surface area contributed by atoms with Gasteiger partial charge in [0.05, 0.1) is 5.52 Å². The number of aromatic nitrogens is 4. The van der Waals surface area contributed by atoms with Crippen LogP contribution >= 0.6 is 11.6 Å². The number of anilines is 1. The first-order chi connectivity index (χ1) is 10.2. The lowest BCUT2D eigenvalue weighted by Gasteiger charge is -2.28. The predicted octanol–water partition coefficient (Wildman–Crippen LogP) is 1.48. The third-order valence-electron chi connectivity index (χ3n) is 3.62. The van der Waals surface area contributed by atoms with Gasteiger partial charge in [0.1, 0.15) is 11.8 Å². The summed E-state index contributed by atoms with van der Waals surface area (Å²) in [6.07, 6.45) is 1.45. The molecule has 1 aliphatic rings. The van der Waals surface area contributed by atoms with Crippen molar-refractivity contribution in [1.29, 1.82) is 0 Å². The van der Waals surface area contributed by atoms with Gasteiger partial charge in [-0.1, -0.05) is 11.6 Å². The summed E-state index contributed by atoms with van der Waals surface area (Å²) < 4.78 is 15.8. The van der Waals surface area contributed by atoms with Crippen molar-refractivity contribution in [2.24, 2.45) is 0 Å². The van der Waals surface area contributed by atoms with E-state index in [0.717, 1.165) is 26.2 Å². The molecule has 1 saturated heterocycles. The summed E-state index contributed by atoms with van der Waals surface area (Å²) in [5.41, 5.74) is 1.39. The molecule has 3 aromatic rings. The molecule has 8 heteroatoms. The van der Waals surface area contributed by atoms with E-state index in [9.17, 15) is 4.39 Å². The third-order valence-corrected chi connectivity index (χ3v) is 3.84. The van der Waals surface area contributed by atoms with E-state index in [1.54, 1.807) is 10.6 Å². The van der Waals surface area contributed by atoms with Gasteiger partial charge in [0.25, 0.3) is 0 Å². The molecule has 1 N–H and O–H groups in total. The van der Waals surface area contributed by atoms with E-state index >= 15 is 0 Å². The third kappa shape index (κ3) is 2.00. The molecular formula is C13H12ClFN6. The molecule has 108 valence electrons. The van der Waals surface area contributed by atoms with Crippen LogP contribution in [-0.4, -0.2) is 45.8 Å². The largest absolute Gasteiger partial charge is 0.351 e. The van der Waals surface area contributed by atoms with Gasteiger partial charge in [0.2, 0.25) is 0 Å². The Morgan fingerprint density at radius 1 is 1.24 bits per heavy atom. The van der Waals surface area contributed by atoms with E-state index in [2.05, 4.69) is 25.3 Å². The lowest BCUT2D eigenvalue weighted by Crippen LogP contribution is -2.44. The zero-order valence-corrected chi connectivity index (χ0v) is 11.8. The van der Waals surface area contributed by atoms with Gasteiger partial charge >= 0.3 is 0 Å². The number of piperazine rings is 1. The van der Waals surface area contributed by atoms with Crippen LogP contribution in [0.3, 0.4) is 0 Å². The summed E-state index contributed by atoms with van der Waals surface area (Å²) in [6, 6.07) is 2.91. The molecular weight excluding hydrogens is 295 g/mol. The van der Waals surface area contributed by atoms with Crippen LogP contribution in [0.25, 0.3) is 16.7 Å². The van der Waals surface area contributed by atoms with Crippen molar-refractivity contribution >= 4 is 34.1 Å². The smallest absolute Gasteiger partial charge is 0.199 e. The van der Waals surface area contributed by atoms with Gasteiger partial charge in [-0.3, -0.25) is 0 Å². The molecule has 2 aromatic heterocycles. The van der Waals surface area contributed by atoms with E-state index < -0.39 is 5.82 Å². The van der Waals surface area contributed by atoms with Gasteiger partial charge in [-0.15, -0.1) is 0 Å². The fourth-order valence-electron chi connectivity index (χ4n) is 2.64. The Hall–Kier alpha value is -1.99. The molecule has 0 saturated carbocycles. The Bertz CT molecular complexity index is 826. The van der Waals surface area contributed by atoms with Crippen molar-refractivity contribution in [2.75, 3.05) is 31.1 Å². The minimum Gasteiger partial charge on any atom is -0.351 e. The molecule has 0 unspecified atom stereocenters. The number of halogens is 2. The standard InChI is InChI=1S/C13H12ClFN6/c14-8-5-9(15)11-10(6-8)21-12(17-7-18-21)13(19-11)20-3-1-16-2-4-20/h5-7,16H,1-4H2. The summed E-state index contributed by atoms with van der Waals surface area (Å²) in [5, 5.41) is 7.77. The molecule has 0 amide bonds. The van der Waals surface area contributed by atoms with E-state index in [4.69, 9.17) is 11.6 Å². The van der Waals surface area contributed by atoms with Crippen molar-refractivity contribution in [2.45, 2.75) is 0 Å². The molecule has 0 radical (unpaired) electrons. The average Bonchev–Trinajstić information content (AvgIpc) is 2.97. The lowest BCUT2D eigenvalue weighted by molar-refractivity contribution is 0.585. The minimum atomic E-state index is -0.453. The van der Waals surface area contributed by atoms with Crippen molar-refractivity contribution < 1.29 is 4.39 Å². The minimum absolute atomic E-state index is 0.255. The first-order valence-corrected chi connectivity index (χ1v) is 7.06. The highest BCUT2D eigenvalue weighted by molar-refractivity contribution is 6.31. The van der Waals surface area contributed by atoms with E-state index in [1.165, 1.54) is 12.4 Å². The van der Waals surface area contributed by atoms with Crippen molar-refractivity contribution in [3.63, 3.8) is 0 Å². The second-order valence-corrected chi connectivity index (χ2v) is 5.36. The normalized spacial score (nSPS) is 16.0. The first-order valence-electron chi connectivity index (χ1n) is 6.68. The SMILES string of the molecule is Fc1cc(Cl)cc2c1nc(N1CCNCC1)c1ncnn12. The summed E-state index contributed by atoms with van der Waals surface area (Å²) in [6.45, 7) is 3.33. The highest BCUT2D eigenvalue weighted by atomic mass is 35.5. The molecule has 0 atom stereocenters. The van der Waals surface area contributed by atoms with E-state index in [-0.39, 0.29) is 5.52 Å². The molecule has 21 heavy (non-hydrogen) atoms. The van der Waals surface area contributed by atoms with E-state index in [1.807, 2.05) is 0 Å². The quantitative estimate of drug-likeness (QED) is 0.738. The molecule has 1 aromatic carbocycles. The van der Waals surface area contributed by atoms with Crippen molar-refractivity contribution in [3.8, 4) is 0 Å². The van der Waals surface area contributed by atoms with Crippen LogP contribution in [0, 0.1) is 5.82 Å². The van der Waals surface area contributed by atoms with Crippen LogP contribution < -0.4 is 10.2 Å². The molecule has 0 bridgehead atoms. The molecule has 1 aliphatic heterocycles. The van der Waals surface area contributed by atoms with Gasteiger partial charge in [-0.2, -0.15) is 5.10 Å². The fraction of sp³-hybridized carbons (Fsp3) is 0.308. The Balaban J connectivity index is 2.03. The molecule has 0 spiro atoms. The fourth-order valence-corrected chi connectivity index (χ4v) is 2.84. The lowest BCUT2D eigenvalue weighted by atomic mass is 10.2. The summed E-state index contributed by atoms with van der Waals surface area (Å²) in [4.78, 5) is 10.8. The maximum atomic E-state index is 14.2. The summed E-state index contributed by atoms with van der Waals surface area (Å²) >= 11 is 5.93. The van der Waals surface area contributed by atoms with Gasteiger partial charge in [-0.05, 0) is 12.1 Å². The Morgan fingerprint density at radius 3 is 2.86 bits per heavy atom. The number of nitrogens with one attached hydrogen (secondary N) is 1. The zero-order valence-electron chi connectivity index (χ0n) is 11.1. The van der Waals surface area contributed by atoms with Crippen molar-refractivity contribution in [1.82, 2.24) is 24.9 Å². The van der Waals surface area contributed by atoms with Gasteiger partial charge < -0.3 is 10.2 Å². The average molecular weight is 307 g/mol. The Kier molecular flexibility index (Phi) is 2.90. The Labute approximate surface area is 124 Å². The number of rotatable bonds is 1. The second kappa shape index (κ2) is 4.78. The molecule has 1 fully saturated rings. The van der Waals surface area contributed by atoms with Gasteiger partial charge in [0, 0.05) is 31.2 Å². The van der Waals surface area contributed by atoms with Crippen LogP contribution in [-0.2, 0) is 0 Å². The predicted molar refractivity (Wildman–Crippen MR) is 78.3 cm³/mol. The summed E-state index contributed by atoms with van der Waals surface area (Å²) in [5.74, 6) is 0.203. The number of fused-ring (bicyclic) bond motifs is 3.